The van der Waals surface area contributed by atoms with Gasteiger partial charge in [-0.2, -0.15) is 11.8 Å². The third-order valence-electron chi connectivity index (χ3n) is 3.63. The molecule has 1 unspecified atom stereocenters. The second kappa shape index (κ2) is 8.81. The van der Waals surface area contributed by atoms with Crippen LogP contribution in [0.15, 0.2) is 0 Å². The number of rotatable bonds is 9. The first-order valence-electron chi connectivity index (χ1n) is 6.78. The largest absolute Gasteiger partial charge is 0.343 e. The van der Waals surface area contributed by atoms with Gasteiger partial charge in [0.1, 0.15) is 0 Å². The van der Waals surface area contributed by atoms with E-state index in [0.717, 1.165) is 25.0 Å². The molecule has 0 aromatic heterocycles. The highest BCUT2D eigenvalue weighted by atomic mass is 32.2. The fourth-order valence-corrected chi connectivity index (χ4v) is 2.44. The van der Waals surface area contributed by atoms with Crippen LogP contribution in [0, 0.1) is 5.41 Å². The van der Waals surface area contributed by atoms with E-state index in [0.29, 0.717) is 19.0 Å². The summed E-state index contributed by atoms with van der Waals surface area (Å²) in [6.45, 7) is 7.19. The first-order chi connectivity index (χ1) is 8.34. The van der Waals surface area contributed by atoms with E-state index < -0.39 is 0 Å². The monoisotopic (exact) mass is 274 g/mol. The van der Waals surface area contributed by atoms with Crippen LogP contribution in [0.1, 0.15) is 46.5 Å². The summed E-state index contributed by atoms with van der Waals surface area (Å²) in [7, 11) is 1.92. The smallest absolute Gasteiger partial charge is 0.222 e. The van der Waals surface area contributed by atoms with E-state index in [9.17, 15) is 4.79 Å². The van der Waals surface area contributed by atoms with Gasteiger partial charge in [-0.3, -0.25) is 4.79 Å². The van der Waals surface area contributed by atoms with Crippen LogP contribution in [0.25, 0.3) is 0 Å². The van der Waals surface area contributed by atoms with Gasteiger partial charge in [-0.15, -0.1) is 0 Å². The van der Waals surface area contributed by atoms with Crippen LogP contribution in [-0.4, -0.2) is 42.4 Å². The molecule has 2 N–H and O–H groups in total. The lowest BCUT2D eigenvalue weighted by Crippen LogP contribution is -2.36. The van der Waals surface area contributed by atoms with Crippen molar-refractivity contribution in [1.29, 1.82) is 0 Å². The van der Waals surface area contributed by atoms with Crippen molar-refractivity contribution in [2.45, 2.75) is 52.5 Å². The molecule has 0 rings (SSSR count). The van der Waals surface area contributed by atoms with Crippen molar-refractivity contribution in [2.75, 3.05) is 25.6 Å². The molecule has 0 aliphatic carbocycles. The highest BCUT2D eigenvalue weighted by molar-refractivity contribution is 7.98. The van der Waals surface area contributed by atoms with Crippen LogP contribution in [0.2, 0.25) is 0 Å². The van der Waals surface area contributed by atoms with Gasteiger partial charge in [0.25, 0.3) is 0 Å². The zero-order chi connectivity index (χ0) is 14.2. The van der Waals surface area contributed by atoms with Crippen LogP contribution in [0.5, 0.6) is 0 Å². The molecule has 0 bridgehead atoms. The van der Waals surface area contributed by atoms with Crippen molar-refractivity contribution < 1.29 is 4.79 Å². The van der Waals surface area contributed by atoms with Crippen LogP contribution in [-0.2, 0) is 4.79 Å². The van der Waals surface area contributed by atoms with Gasteiger partial charge in [0.15, 0.2) is 0 Å². The molecule has 108 valence electrons. The standard InChI is InChI=1S/C14H30N2OS/c1-12(7-11-18-5)16(4)13(17)6-8-14(2,3)9-10-15/h12H,6-11,15H2,1-5H3. The van der Waals surface area contributed by atoms with E-state index in [1.807, 2.05) is 23.7 Å². The molecule has 1 amide bonds. The van der Waals surface area contributed by atoms with E-state index >= 15 is 0 Å². The SMILES string of the molecule is CSCCC(C)N(C)C(=O)CCC(C)(C)CCN. The molecule has 4 heteroatoms. The van der Waals surface area contributed by atoms with Gasteiger partial charge in [0, 0.05) is 19.5 Å². The van der Waals surface area contributed by atoms with Crippen molar-refractivity contribution in [3.63, 3.8) is 0 Å². The predicted octanol–water partition coefficient (Wildman–Crippen LogP) is 2.74. The number of carbonyl (C=O) groups excluding carboxylic acids is 1. The Bertz CT molecular complexity index is 244. The maximum atomic E-state index is 12.1. The number of nitrogens with two attached hydrogens (primary N) is 1. The van der Waals surface area contributed by atoms with Gasteiger partial charge in [-0.25, -0.2) is 0 Å². The van der Waals surface area contributed by atoms with E-state index in [2.05, 4.69) is 27.0 Å². The highest BCUT2D eigenvalue weighted by Gasteiger charge is 2.21. The zero-order valence-electron chi connectivity index (χ0n) is 12.7. The molecule has 0 aromatic rings. The second-order valence-electron chi connectivity index (χ2n) is 5.84. The lowest BCUT2D eigenvalue weighted by molar-refractivity contribution is -0.132. The van der Waals surface area contributed by atoms with Crippen LogP contribution in [0.4, 0.5) is 0 Å². The van der Waals surface area contributed by atoms with E-state index in [1.165, 1.54) is 0 Å². The Kier molecular flexibility index (Phi) is 8.70. The first kappa shape index (κ1) is 17.8. The van der Waals surface area contributed by atoms with Crippen LogP contribution < -0.4 is 5.73 Å². The molecule has 0 aliphatic heterocycles. The highest BCUT2D eigenvalue weighted by Crippen LogP contribution is 2.26. The van der Waals surface area contributed by atoms with Gasteiger partial charge in [-0.1, -0.05) is 13.8 Å². The third-order valence-corrected chi connectivity index (χ3v) is 4.28. The third kappa shape index (κ3) is 7.27. The van der Waals surface area contributed by atoms with Gasteiger partial charge >= 0.3 is 0 Å². The molecular formula is C14H30N2OS. The lowest BCUT2D eigenvalue weighted by Gasteiger charge is -2.28. The summed E-state index contributed by atoms with van der Waals surface area (Å²) in [5.74, 6) is 1.37. The molecule has 0 heterocycles. The summed E-state index contributed by atoms with van der Waals surface area (Å²) in [5, 5.41) is 0. The van der Waals surface area contributed by atoms with Gasteiger partial charge in [-0.05, 0) is 50.2 Å². The molecule has 18 heavy (non-hydrogen) atoms. The average molecular weight is 274 g/mol. The fourth-order valence-electron chi connectivity index (χ4n) is 1.87. The van der Waals surface area contributed by atoms with Gasteiger partial charge < -0.3 is 10.6 Å². The average Bonchev–Trinajstić information content (AvgIpc) is 2.32. The Balaban J connectivity index is 4.08. The van der Waals surface area contributed by atoms with Crippen LogP contribution in [0.3, 0.4) is 0 Å². The number of thioether (sulfide) groups is 1. The van der Waals surface area contributed by atoms with Crippen LogP contribution >= 0.6 is 11.8 Å². The topological polar surface area (TPSA) is 46.3 Å². The summed E-state index contributed by atoms with van der Waals surface area (Å²) >= 11 is 1.83. The minimum atomic E-state index is 0.174. The molecule has 0 radical (unpaired) electrons. The van der Waals surface area contributed by atoms with Gasteiger partial charge in [0.05, 0.1) is 0 Å². The Hall–Kier alpha value is -0.220. The quantitative estimate of drug-likeness (QED) is 0.703. The molecule has 0 saturated heterocycles. The normalized spacial score (nSPS) is 13.4. The summed E-state index contributed by atoms with van der Waals surface area (Å²) in [4.78, 5) is 14.0. The minimum absolute atomic E-state index is 0.174. The maximum absolute atomic E-state index is 12.1. The zero-order valence-corrected chi connectivity index (χ0v) is 13.5. The Labute approximate surface area is 117 Å². The number of hydrogen-bond donors (Lipinski definition) is 1. The van der Waals surface area contributed by atoms with E-state index in [1.54, 1.807) is 0 Å². The Morgan fingerprint density at radius 3 is 2.50 bits per heavy atom. The number of carbonyl (C=O) groups is 1. The molecular weight excluding hydrogens is 244 g/mol. The summed E-state index contributed by atoms with van der Waals surface area (Å²) in [5.41, 5.74) is 5.76. The molecule has 0 fully saturated rings. The number of hydrogen-bond acceptors (Lipinski definition) is 3. The summed E-state index contributed by atoms with van der Waals surface area (Å²) in [6.07, 6.45) is 5.70. The predicted molar refractivity (Wildman–Crippen MR) is 81.9 cm³/mol. The number of amides is 1. The second-order valence-corrected chi connectivity index (χ2v) is 6.82. The van der Waals surface area contributed by atoms with Crippen molar-refractivity contribution in [3.05, 3.63) is 0 Å². The summed E-state index contributed by atoms with van der Waals surface area (Å²) in [6, 6.07) is 0.336. The lowest BCUT2D eigenvalue weighted by atomic mass is 9.84. The van der Waals surface area contributed by atoms with E-state index in [-0.39, 0.29) is 11.3 Å². The van der Waals surface area contributed by atoms with Crippen molar-refractivity contribution >= 4 is 17.7 Å². The first-order valence-corrected chi connectivity index (χ1v) is 8.18. The molecule has 0 aliphatic rings. The maximum Gasteiger partial charge on any atom is 0.222 e. The molecule has 0 saturated carbocycles. The summed E-state index contributed by atoms with van der Waals surface area (Å²) < 4.78 is 0. The molecule has 1 atom stereocenters. The Morgan fingerprint density at radius 2 is 2.00 bits per heavy atom. The molecule has 0 spiro atoms. The Morgan fingerprint density at radius 1 is 1.39 bits per heavy atom. The van der Waals surface area contributed by atoms with Crippen molar-refractivity contribution in [3.8, 4) is 0 Å². The van der Waals surface area contributed by atoms with E-state index in [4.69, 9.17) is 5.73 Å². The molecule has 3 nitrogen and oxygen atoms in total. The van der Waals surface area contributed by atoms with Crippen molar-refractivity contribution in [1.82, 2.24) is 4.90 Å². The number of nitrogens with zero attached hydrogens (tertiary/aromatic N) is 1. The minimum Gasteiger partial charge on any atom is -0.343 e. The van der Waals surface area contributed by atoms with Gasteiger partial charge in [0.2, 0.25) is 5.91 Å². The molecule has 0 aromatic carbocycles. The van der Waals surface area contributed by atoms with Crippen molar-refractivity contribution in [2.24, 2.45) is 11.1 Å². The fraction of sp³-hybridized carbons (Fsp3) is 0.929.